The molecule has 2 aromatic rings. The smallest absolute Gasteiger partial charge is 0.255 e. The minimum atomic E-state index is -0.194. The van der Waals surface area contributed by atoms with Crippen LogP contribution in [0.15, 0.2) is 28.8 Å². The summed E-state index contributed by atoms with van der Waals surface area (Å²) in [7, 11) is 1.68. The number of rotatable bonds is 3. The summed E-state index contributed by atoms with van der Waals surface area (Å²) < 4.78 is 5.43. The second-order valence-corrected chi connectivity index (χ2v) is 4.94. The fourth-order valence-electron chi connectivity index (χ4n) is 1.63. The maximum atomic E-state index is 12.2. The first kappa shape index (κ1) is 13.9. The van der Waals surface area contributed by atoms with Crippen LogP contribution in [-0.2, 0) is 6.54 Å². The molecule has 1 amide bonds. The van der Waals surface area contributed by atoms with Gasteiger partial charge in [-0.05, 0) is 25.1 Å². The Hall–Kier alpha value is -1.52. The first-order chi connectivity index (χ1) is 8.97. The van der Waals surface area contributed by atoms with Crippen LogP contribution in [-0.4, -0.2) is 22.8 Å². The van der Waals surface area contributed by atoms with E-state index in [9.17, 15) is 4.79 Å². The van der Waals surface area contributed by atoms with E-state index in [-0.39, 0.29) is 16.1 Å². The number of carbonyl (C=O) groups excluding carboxylic acids is 1. The van der Waals surface area contributed by atoms with E-state index in [1.165, 1.54) is 17.2 Å². The molecule has 2 aromatic heterocycles. The number of nitrogens with zero attached hydrogens (tertiary/aromatic N) is 2. The number of halogens is 2. The Balaban J connectivity index is 2.12. The number of pyridine rings is 1. The summed E-state index contributed by atoms with van der Waals surface area (Å²) >= 11 is 11.6. The predicted octanol–water partition coefficient (Wildman–Crippen LogP) is 3.56. The summed E-state index contributed by atoms with van der Waals surface area (Å²) in [6.07, 6.45) is 1.40. The number of hydrogen-bond donors (Lipinski definition) is 0. The quantitative estimate of drug-likeness (QED) is 0.814. The van der Waals surface area contributed by atoms with Gasteiger partial charge in [-0.3, -0.25) is 4.79 Å². The third kappa shape index (κ3) is 3.28. The van der Waals surface area contributed by atoms with E-state index in [0.717, 1.165) is 11.5 Å². The molecule has 0 aliphatic carbocycles. The minimum Gasteiger partial charge on any atom is -0.464 e. The Labute approximate surface area is 120 Å². The zero-order chi connectivity index (χ0) is 14.0. The normalized spacial score (nSPS) is 10.5. The van der Waals surface area contributed by atoms with Crippen molar-refractivity contribution in [2.24, 2.45) is 0 Å². The zero-order valence-corrected chi connectivity index (χ0v) is 12.0. The van der Waals surface area contributed by atoms with Crippen LogP contribution in [0.25, 0.3) is 0 Å². The second kappa shape index (κ2) is 5.63. The molecule has 0 bridgehead atoms. The van der Waals surface area contributed by atoms with Crippen molar-refractivity contribution in [1.82, 2.24) is 9.88 Å². The molecule has 0 unspecified atom stereocenters. The molecular formula is C13H12Cl2N2O2. The van der Waals surface area contributed by atoms with Crippen molar-refractivity contribution in [3.8, 4) is 0 Å². The summed E-state index contributed by atoms with van der Waals surface area (Å²) in [5.74, 6) is 1.34. The van der Waals surface area contributed by atoms with Crippen molar-refractivity contribution < 1.29 is 9.21 Å². The molecule has 0 saturated carbocycles. The van der Waals surface area contributed by atoms with Gasteiger partial charge in [0.2, 0.25) is 0 Å². The lowest BCUT2D eigenvalue weighted by Crippen LogP contribution is -2.26. The third-order valence-electron chi connectivity index (χ3n) is 2.58. The minimum absolute atomic E-state index is 0.183. The monoisotopic (exact) mass is 298 g/mol. The number of aryl methyl sites for hydroxylation is 1. The van der Waals surface area contributed by atoms with E-state index in [1.807, 2.05) is 19.1 Å². The number of hydrogen-bond acceptors (Lipinski definition) is 3. The standard InChI is InChI=1S/C13H12Cl2N2O2/c1-8-3-4-10(19-8)7-17(2)13(18)9-5-11(14)12(15)16-6-9/h3-6H,7H2,1-2H3. The average Bonchev–Trinajstić information content (AvgIpc) is 2.77. The predicted molar refractivity (Wildman–Crippen MR) is 73.5 cm³/mol. The fraction of sp³-hybridized carbons (Fsp3) is 0.231. The highest BCUT2D eigenvalue weighted by atomic mass is 35.5. The Bertz CT molecular complexity index is 610. The van der Waals surface area contributed by atoms with Gasteiger partial charge in [-0.1, -0.05) is 23.2 Å². The lowest BCUT2D eigenvalue weighted by atomic mass is 10.2. The molecular weight excluding hydrogens is 287 g/mol. The summed E-state index contributed by atoms with van der Waals surface area (Å²) in [4.78, 5) is 17.5. The van der Waals surface area contributed by atoms with E-state index in [2.05, 4.69) is 4.98 Å². The number of furan rings is 1. The molecule has 4 nitrogen and oxygen atoms in total. The average molecular weight is 299 g/mol. The van der Waals surface area contributed by atoms with Gasteiger partial charge in [-0.2, -0.15) is 0 Å². The number of aromatic nitrogens is 1. The number of amides is 1. The van der Waals surface area contributed by atoms with Crippen LogP contribution in [0.3, 0.4) is 0 Å². The van der Waals surface area contributed by atoms with Gasteiger partial charge in [0.15, 0.2) is 0 Å². The summed E-state index contributed by atoms with van der Waals surface area (Å²) in [5, 5.41) is 0.442. The molecule has 0 aromatic carbocycles. The first-order valence-electron chi connectivity index (χ1n) is 5.59. The molecule has 6 heteroatoms. The van der Waals surface area contributed by atoms with Crippen LogP contribution in [0.2, 0.25) is 10.2 Å². The largest absolute Gasteiger partial charge is 0.464 e. The SMILES string of the molecule is Cc1ccc(CN(C)C(=O)c2cnc(Cl)c(Cl)c2)o1. The number of carbonyl (C=O) groups is 1. The van der Waals surface area contributed by atoms with E-state index < -0.39 is 0 Å². The Morgan fingerprint density at radius 2 is 2.16 bits per heavy atom. The Morgan fingerprint density at radius 1 is 1.42 bits per heavy atom. The van der Waals surface area contributed by atoms with Crippen LogP contribution >= 0.6 is 23.2 Å². The van der Waals surface area contributed by atoms with Crippen LogP contribution in [0.4, 0.5) is 0 Å². The second-order valence-electron chi connectivity index (χ2n) is 4.17. The van der Waals surface area contributed by atoms with Crippen molar-refractivity contribution >= 4 is 29.1 Å². The van der Waals surface area contributed by atoms with Gasteiger partial charge in [0, 0.05) is 13.2 Å². The van der Waals surface area contributed by atoms with Crippen molar-refractivity contribution in [1.29, 1.82) is 0 Å². The highest BCUT2D eigenvalue weighted by Crippen LogP contribution is 2.20. The van der Waals surface area contributed by atoms with E-state index >= 15 is 0 Å². The van der Waals surface area contributed by atoms with Crippen molar-refractivity contribution in [3.63, 3.8) is 0 Å². The van der Waals surface area contributed by atoms with E-state index in [1.54, 1.807) is 7.05 Å². The molecule has 0 saturated heterocycles. The van der Waals surface area contributed by atoms with Gasteiger partial charge in [0.05, 0.1) is 17.1 Å². The third-order valence-corrected chi connectivity index (χ3v) is 3.26. The molecule has 0 spiro atoms. The molecule has 0 fully saturated rings. The van der Waals surface area contributed by atoms with Gasteiger partial charge in [-0.15, -0.1) is 0 Å². The van der Waals surface area contributed by atoms with Crippen molar-refractivity contribution in [2.75, 3.05) is 7.05 Å². The van der Waals surface area contributed by atoms with Crippen LogP contribution in [0.1, 0.15) is 21.9 Å². The van der Waals surface area contributed by atoms with Crippen molar-refractivity contribution in [2.45, 2.75) is 13.5 Å². The molecule has 0 atom stereocenters. The fourth-order valence-corrected chi connectivity index (χ4v) is 1.90. The highest BCUT2D eigenvalue weighted by Gasteiger charge is 2.15. The van der Waals surface area contributed by atoms with Gasteiger partial charge in [-0.25, -0.2) is 4.98 Å². The van der Waals surface area contributed by atoms with Crippen LogP contribution in [0.5, 0.6) is 0 Å². The van der Waals surface area contributed by atoms with Gasteiger partial charge < -0.3 is 9.32 Å². The molecule has 100 valence electrons. The van der Waals surface area contributed by atoms with E-state index in [0.29, 0.717) is 12.1 Å². The molecule has 0 N–H and O–H groups in total. The Morgan fingerprint density at radius 3 is 2.74 bits per heavy atom. The molecule has 0 aliphatic rings. The maximum Gasteiger partial charge on any atom is 0.255 e. The molecule has 2 rings (SSSR count). The molecule has 0 radical (unpaired) electrons. The topological polar surface area (TPSA) is 46.3 Å². The maximum absolute atomic E-state index is 12.2. The van der Waals surface area contributed by atoms with Gasteiger partial charge in [0.25, 0.3) is 5.91 Å². The zero-order valence-electron chi connectivity index (χ0n) is 10.5. The molecule has 19 heavy (non-hydrogen) atoms. The summed E-state index contributed by atoms with van der Waals surface area (Å²) in [6, 6.07) is 5.20. The summed E-state index contributed by atoms with van der Waals surface area (Å²) in [5.41, 5.74) is 0.389. The summed E-state index contributed by atoms with van der Waals surface area (Å²) in [6.45, 7) is 2.24. The van der Waals surface area contributed by atoms with Crippen molar-refractivity contribution in [3.05, 3.63) is 51.7 Å². The molecule has 0 aliphatic heterocycles. The van der Waals surface area contributed by atoms with Gasteiger partial charge in [0.1, 0.15) is 16.7 Å². The van der Waals surface area contributed by atoms with Crippen LogP contribution < -0.4 is 0 Å². The lowest BCUT2D eigenvalue weighted by molar-refractivity contribution is 0.0774. The Kier molecular flexibility index (Phi) is 4.12. The van der Waals surface area contributed by atoms with Crippen LogP contribution in [0, 0.1) is 6.92 Å². The van der Waals surface area contributed by atoms with Gasteiger partial charge >= 0.3 is 0 Å². The highest BCUT2D eigenvalue weighted by molar-refractivity contribution is 6.41. The first-order valence-corrected chi connectivity index (χ1v) is 6.35. The molecule has 2 heterocycles. The van der Waals surface area contributed by atoms with E-state index in [4.69, 9.17) is 27.6 Å². The lowest BCUT2D eigenvalue weighted by Gasteiger charge is -2.15.